The van der Waals surface area contributed by atoms with E-state index in [1.807, 2.05) is 0 Å². The van der Waals surface area contributed by atoms with Crippen LogP contribution >= 0.6 is 0 Å². The molecule has 0 aliphatic heterocycles. The molecular formula is C19H31B. The topological polar surface area (TPSA) is 0 Å². The molecule has 0 bridgehead atoms. The lowest BCUT2D eigenvalue weighted by Gasteiger charge is -2.51. The fraction of sp³-hybridized carbons (Fsp3) is 1.00. The van der Waals surface area contributed by atoms with Crippen molar-refractivity contribution in [3.63, 3.8) is 0 Å². The molecule has 0 N–H and O–H groups in total. The lowest BCUT2D eigenvalue weighted by Crippen LogP contribution is -2.44. The molecule has 1 spiro atoms. The standard InChI is InChI=1S/C19H31B/c1-11-17-15-7-6-12-4-3-5-13(12)14(15)8-9-19(17)10-16(19)18(11)20-2/h11-18,20H,3-10H2,1-2H3. The molecule has 110 valence electrons. The summed E-state index contributed by atoms with van der Waals surface area (Å²) in [6.07, 6.45) is 12.9. The van der Waals surface area contributed by atoms with Crippen molar-refractivity contribution in [2.45, 2.75) is 70.9 Å². The summed E-state index contributed by atoms with van der Waals surface area (Å²) in [7, 11) is 1.47. The summed E-state index contributed by atoms with van der Waals surface area (Å²) in [5.74, 6) is 9.10. The van der Waals surface area contributed by atoms with Crippen molar-refractivity contribution in [2.75, 3.05) is 0 Å². The van der Waals surface area contributed by atoms with Gasteiger partial charge in [0, 0.05) is 0 Å². The van der Waals surface area contributed by atoms with E-state index < -0.39 is 0 Å². The first-order chi connectivity index (χ1) is 9.76. The van der Waals surface area contributed by atoms with Crippen molar-refractivity contribution in [3.8, 4) is 0 Å². The Labute approximate surface area is 125 Å². The van der Waals surface area contributed by atoms with Crippen molar-refractivity contribution in [3.05, 3.63) is 0 Å². The van der Waals surface area contributed by atoms with Crippen molar-refractivity contribution in [1.82, 2.24) is 0 Å². The van der Waals surface area contributed by atoms with Gasteiger partial charge in [-0.2, -0.15) is 0 Å². The number of hydrogen-bond acceptors (Lipinski definition) is 0. The Kier molecular flexibility index (Phi) is 2.57. The van der Waals surface area contributed by atoms with Crippen LogP contribution < -0.4 is 0 Å². The summed E-state index contributed by atoms with van der Waals surface area (Å²) in [5, 5.41) is 0. The van der Waals surface area contributed by atoms with Gasteiger partial charge in [0.25, 0.3) is 0 Å². The maximum absolute atomic E-state index is 2.65. The van der Waals surface area contributed by atoms with Gasteiger partial charge in [-0.25, -0.2) is 0 Å². The van der Waals surface area contributed by atoms with Crippen LogP contribution in [-0.4, -0.2) is 7.28 Å². The zero-order valence-electron chi connectivity index (χ0n) is 13.5. The molecule has 5 fully saturated rings. The summed E-state index contributed by atoms with van der Waals surface area (Å²) in [6.45, 7) is 5.12. The second kappa shape index (κ2) is 4.08. The zero-order valence-corrected chi connectivity index (χ0v) is 13.5. The van der Waals surface area contributed by atoms with Gasteiger partial charge in [0.05, 0.1) is 0 Å². The Hall–Kier alpha value is 0.0649. The third-order valence-corrected chi connectivity index (χ3v) is 9.17. The highest BCUT2D eigenvalue weighted by molar-refractivity contribution is 6.36. The average Bonchev–Trinajstić information content (AvgIpc) is 2.86. The molecule has 5 aliphatic rings. The Bertz CT molecular complexity index is 418. The van der Waals surface area contributed by atoms with Crippen LogP contribution in [0, 0.1) is 46.8 Å². The van der Waals surface area contributed by atoms with E-state index in [-0.39, 0.29) is 0 Å². The minimum absolute atomic E-state index is 0.882. The van der Waals surface area contributed by atoms with E-state index in [1.54, 1.807) is 51.4 Å². The Morgan fingerprint density at radius 3 is 2.70 bits per heavy atom. The maximum atomic E-state index is 2.65. The third-order valence-electron chi connectivity index (χ3n) is 9.17. The lowest BCUT2D eigenvalue weighted by atomic mass is 9.52. The van der Waals surface area contributed by atoms with Crippen LogP contribution in [0.15, 0.2) is 0 Å². The SMILES string of the molecule is CBC1C(C)C2C3CCC4CCCC4C3CCC23CC13. The van der Waals surface area contributed by atoms with Crippen LogP contribution in [0.3, 0.4) is 0 Å². The minimum Gasteiger partial charge on any atom is -0.0891 e. The maximum Gasteiger partial charge on any atom is 0.121 e. The second-order valence-electron chi connectivity index (χ2n) is 9.30. The number of rotatable bonds is 1. The predicted octanol–water partition coefficient (Wildman–Crippen LogP) is 4.77. The molecule has 0 aromatic rings. The number of hydrogen-bond donors (Lipinski definition) is 0. The van der Waals surface area contributed by atoms with Crippen molar-refractivity contribution in [2.24, 2.45) is 46.8 Å². The van der Waals surface area contributed by atoms with E-state index in [9.17, 15) is 0 Å². The largest absolute Gasteiger partial charge is 0.121 e. The summed E-state index contributed by atoms with van der Waals surface area (Å²) in [4.78, 5) is 0. The fourth-order valence-electron chi connectivity index (χ4n) is 8.63. The molecule has 0 amide bonds. The Morgan fingerprint density at radius 2 is 1.85 bits per heavy atom. The molecule has 0 heterocycles. The van der Waals surface area contributed by atoms with E-state index in [4.69, 9.17) is 0 Å². The highest BCUT2D eigenvalue weighted by Crippen LogP contribution is 2.80. The first-order valence-electron chi connectivity index (χ1n) is 9.76. The molecular weight excluding hydrogens is 239 g/mol. The van der Waals surface area contributed by atoms with Gasteiger partial charge < -0.3 is 0 Å². The first-order valence-corrected chi connectivity index (χ1v) is 9.76. The first kappa shape index (κ1) is 12.6. The quantitative estimate of drug-likeness (QED) is 0.602. The van der Waals surface area contributed by atoms with Crippen LogP contribution in [0.5, 0.6) is 0 Å². The summed E-state index contributed by atoms with van der Waals surface area (Å²) < 4.78 is 0. The molecule has 0 aromatic heterocycles. The second-order valence-corrected chi connectivity index (χ2v) is 9.30. The molecule has 20 heavy (non-hydrogen) atoms. The smallest absolute Gasteiger partial charge is 0.0891 e. The van der Waals surface area contributed by atoms with E-state index in [0.29, 0.717) is 0 Å². The Morgan fingerprint density at radius 1 is 0.950 bits per heavy atom. The molecule has 5 aliphatic carbocycles. The molecule has 0 radical (unpaired) electrons. The average molecular weight is 270 g/mol. The van der Waals surface area contributed by atoms with Gasteiger partial charge in [-0.05, 0) is 85.4 Å². The van der Waals surface area contributed by atoms with Crippen molar-refractivity contribution in [1.29, 1.82) is 0 Å². The van der Waals surface area contributed by atoms with Crippen molar-refractivity contribution < 1.29 is 0 Å². The van der Waals surface area contributed by atoms with Gasteiger partial charge in [-0.15, -0.1) is 0 Å². The van der Waals surface area contributed by atoms with Crippen LogP contribution in [0.25, 0.3) is 0 Å². The van der Waals surface area contributed by atoms with Crippen LogP contribution in [0.4, 0.5) is 0 Å². The summed E-state index contributed by atoms with van der Waals surface area (Å²) in [5.41, 5.74) is 0.882. The van der Waals surface area contributed by atoms with E-state index >= 15 is 0 Å². The number of fused-ring (bicyclic) bond motifs is 4. The van der Waals surface area contributed by atoms with Crippen molar-refractivity contribution >= 4 is 7.28 Å². The molecule has 5 saturated carbocycles. The van der Waals surface area contributed by atoms with Crippen LogP contribution in [-0.2, 0) is 0 Å². The van der Waals surface area contributed by atoms with Gasteiger partial charge in [-0.3, -0.25) is 0 Å². The Balaban J connectivity index is 1.47. The monoisotopic (exact) mass is 270 g/mol. The minimum atomic E-state index is 0.882. The normalized spacial score (nSPS) is 63.1. The fourth-order valence-corrected chi connectivity index (χ4v) is 8.63. The summed E-state index contributed by atoms with van der Waals surface area (Å²) in [6, 6.07) is 0. The van der Waals surface area contributed by atoms with E-state index in [0.717, 1.165) is 52.7 Å². The van der Waals surface area contributed by atoms with Gasteiger partial charge >= 0.3 is 0 Å². The molecule has 1 heteroatoms. The van der Waals surface area contributed by atoms with E-state index in [2.05, 4.69) is 13.7 Å². The van der Waals surface area contributed by atoms with Crippen LogP contribution in [0.1, 0.15) is 58.3 Å². The molecule has 0 aromatic carbocycles. The highest BCUT2D eigenvalue weighted by atomic mass is 14.8. The molecule has 0 nitrogen and oxygen atoms in total. The van der Waals surface area contributed by atoms with E-state index in [1.165, 1.54) is 7.28 Å². The third kappa shape index (κ3) is 1.37. The molecule has 9 atom stereocenters. The van der Waals surface area contributed by atoms with Crippen LogP contribution in [0.2, 0.25) is 12.6 Å². The highest BCUT2D eigenvalue weighted by Gasteiger charge is 2.72. The van der Waals surface area contributed by atoms with Gasteiger partial charge in [-0.1, -0.05) is 32.4 Å². The summed E-state index contributed by atoms with van der Waals surface area (Å²) >= 11 is 0. The predicted molar refractivity (Wildman–Crippen MR) is 86.2 cm³/mol. The van der Waals surface area contributed by atoms with Gasteiger partial charge in [0.1, 0.15) is 7.28 Å². The molecule has 9 unspecified atom stereocenters. The van der Waals surface area contributed by atoms with Gasteiger partial charge in [0.15, 0.2) is 0 Å². The zero-order chi connectivity index (χ0) is 13.5. The van der Waals surface area contributed by atoms with Gasteiger partial charge in [0.2, 0.25) is 0 Å². The lowest BCUT2D eigenvalue weighted by molar-refractivity contribution is -0.0206. The molecule has 0 saturated heterocycles. The molecule has 5 rings (SSSR count).